The van der Waals surface area contributed by atoms with Crippen molar-refractivity contribution in [1.29, 1.82) is 0 Å². The molecule has 0 radical (unpaired) electrons. The zero-order valence-electron chi connectivity index (χ0n) is 12.3. The Morgan fingerprint density at radius 3 is 2.32 bits per heavy atom. The van der Waals surface area contributed by atoms with E-state index in [2.05, 4.69) is 60.0 Å². The fraction of sp³-hybridized carbons (Fsp3) is 0.0500. The Morgan fingerprint density at radius 2 is 1.50 bits per heavy atom. The predicted molar refractivity (Wildman–Crippen MR) is 89.4 cm³/mol. The molecule has 0 aliphatic carbocycles. The van der Waals surface area contributed by atoms with E-state index in [9.17, 15) is 5.11 Å². The highest BCUT2D eigenvalue weighted by Crippen LogP contribution is 2.24. The summed E-state index contributed by atoms with van der Waals surface area (Å²) in [6, 6.07) is 24.4. The van der Waals surface area contributed by atoms with Gasteiger partial charge in [0.2, 0.25) is 11.2 Å². The lowest BCUT2D eigenvalue weighted by Gasteiger charge is -2.07. The Balaban J connectivity index is 2.11. The fourth-order valence-corrected chi connectivity index (χ4v) is 3.07. The van der Waals surface area contributed by atoms with Crippen LogP contribution < -0.4 is 4.57 Å². The van der Waals surface area contributed by atoms with Gasteiger partial charge >= 0.3 is 0 Å². The van der Waals surface area contributed by atoms with Crippen molar-refractivity contribution < 1.29 is 9.67 Å². The van der Waals surface area contributed by atoms with Gasteiger partial charge in [-0.15, -0.1) is 0 Å². The van der Waals surface area contributed by atoms with Gasteiger partial charge in [-0.25, -0.2) is 0 Å². The van der Waals surface area contributed by atoms with Crippen LogP contribution in [0.15, 0.2) is 72.8 Å². The van der Waals surface area contributed by atoms with Gasteiger partial charge in [0.15, 0.2) is 5.69 Å². The molecular weight excluding hydrogens is 270 g/mol. The summed E-state index contributed by atoms with van der Waals surface area (Å²) in [6.45, 7) is 2.10. The van der Waals surface area contributed by atoms with E-state index in [0.29, 0.717) is 0 Å². The number of hydrogen-bond donors (Lipinski definition) is 1. The van der Waals surface area contributed by atoms with Gasteiger partial charge in [0.25, 0.3) is 0 Å². The minimum Gasteiger partial charge on any atom is -0.508 e. The largest absolute Gasteiger partial charge is 0.508 e. The van der Waals surface area contributed by atoms with E-state index in [4.69, 9.17) is 0 Å². The highest BCUT2D eigenvalue weighted by atomic mass is 16.3. The molecule has 4 rings (SSSR count). The molecule has 4 aromatic rings. The summed E-state index contributed by atoms with van der Waals surface area (Å²) in [7, 11) is 0. The number of hydrogen-bond acceptors (Lipinski definition) is 1. The summed E-state index contributed by atoms with van der Waals surface area (Å²) in [5.41, 5.74) is 3.38. The maximum atomic E-state index is 9.52. The van der Waals surface area contributed by atoms with Crippen LogP contribution in [0.1, 0.15) is 5.69 Å². The average molecular weight is 286 g/mol. The fourth-order valence-electron chi connectivity index (χ4n) is 3.07. The van der Waals surface area contributed by atoms with Crippen molar-refractivity contribution in [2.75, 3.05) is 0 Å². The molecule has 0 spiro atoms. The van der Waals surface area contributed by atoms with Crippen LogP contribution in [0.3, 0.4) is 0 Å². The Bertz CT molecular complexity index is 988. The molecule has 22 heavy (non-hydrogen) atoms. The summed E-state index contributed by atoms with van der Waals surface area (Å²) >= 11 is 0. The van der Waals surface area contributed by atoms with Crippen LogP contribution in [0.2, 0.25) is 0 Å². The number of pyridine rings is 1. The first kappa shape index (κ1) is 12.8. The average Bonchev–Trinajstić information content (AvgIpc) is 2.55. The van der Waals surface area contributed by atoms with Gasteiger partial charge < -0.3 is 5.11 Å². The van der Waals surface area contributed by atoms with Crippen molar-refractivity contribution in [3.05, 3.63) is 78.5 Å². The third-order valence-electron chi connectivity index (χ3n) is 4.14. The van der Waals surface area contributed by atoms with E-state index in [1.165, 1.54) is 21.7 Å². The highest BCUT2D eigenvalue weighted by Gasteiger charge is 2.17. The number of aromatic hydroxyl groups is 1. The quantitative estimate of drug-likeness (QED) is 0.410. The molecule has 0 aliphatic heterocycles. The summed E-state index contributed by atoms with van der Waals surface area (Å²) in [6.07, 6.45) is 0. The van der Waals surface area contributed by atoms with E-state index in [0.717, 1.165) is 11.4 Å². The van der Waals surface area contributed by atoms with E-state index in [1.807, 2.05) is 12.1 Å². The zero-order chi connectivity index (χ0) is 15.1. The monoisotopic (exact) mass is 286 g/mol. The van der Waals surface area contributed by atoms with Gasteiger partial charge in [-0.3, -0.25) is 0 Å². The van der Waals surface area contributed by atoms with Crippen LogP contribution in [0.5, 0.6) is 5.75 Å². The highest BCUT2D eigenvalue weighted by molar-refractivity contribution is 6.05. The molecule has 0 saturated carbocycles. The first-order valence-corrected chi connectivity index (χ1v) is 7.36. The SMILES string of the molecule is Cc1ccc2c3ccccc3ccc2[n+]1-c1ccc(O)cc1. The second kappa shape index (κ2) is 4.85. The Labute approximate surface area is 128 Å². The van der Waals surface area contributed by atoms with E-state index >= 15 is 0 Å². The molecule has 0 amide bonds. The molecule has 0 atom stereocenters. The molecule has 1 N–H and O–H groups in total. The summed E-state index contributed by atoms with van der Waals surface area (Å²) in [5, 5.41) is 13.3. The molecule has 0 saturated heterocycles. The molecule has 2 heteroatoms. The van der Waals surface area contributed by atoms with Gasteiger partial charge in [0.05, 0.1) is 5.39 Å². The Kier molecular flexibility index (Phi) is 2.83. The molecule has 2 nitrogen and oxygen atoms in total. The van der Waals surface area contributed by atoms with Gasteiger partial charge in [0.1, 0.15) is 5.75 Å². The minimum absolute atomic E-state index is 0.285. The van der Waals surface area contributed by atoms with Crippen molar-refractivity contribution in [1.82, 2.24) is 0 Å². The number of fused-ring (bicyclic) bond motifs is 3. The van der Waals surface area contributed by atoms with Crippen LogP contribution in [0.25, 0.3) is 27.4 Å². The number of nitrogens with zero attached hydrogens (tertiary/aromatic N) is 1. The van der Waals surface area contributed by atoms with Crippen LogP contribution >= 0.6 is 0 Å². The standard InChI is InChI=1S/C20H15NO/c1-14-6-12-19-18-5-3-2-4-15(18)7-13-20(19)21(14)16-8-10-17(22)11-9-16/h2-13H,1H3/p+1. The number of phenolic OH excluding ortho intramolecular Hbond substituents is 1. The normalized spacial score (nSPS) is 11.1. The van der Waals surface area contributed by atoms with Gasteiger partial charge in [-0.2, -0.15) is 4.57 Å². The lowest BCUT2D eigenvalue weighted by atomic mass is 10.0. The van der Waals surface area contributed by atoms with Crippen LogP contribution in [-0.4, -0.2) is 5.11 Å². The van der Waals surface area contributed by atoms with Crippen LogP contribution in [0.4, 0.5) is 0 Å². The molecular formula is C20H16NO+. The van der Waals surface area contributed by atoms with E-state index < -0.39 is 0 Å². The van der Waals surface area contributed by atoms with Crippen LogP contribution in [-0.2, 0) is 0 Å². The second-order valence-electron chi connectivity index (χ2n) is 5.55. The topological polar surface area (TPSA) is 24.1 Å². The van der Waals surface area contributed by atoms with Crippen molar-refractivity contribution in [3.63, 3.8) is 0 Å². The molecule has 0 aliphatic rings. The van der Waals surface area contributed by atoms with Gasteiger partial charge in [0, 0.05) is 31.2 Å². The number of phenols is 1. The van der Waals surface area contributed by atoms with Crippen molar-refractivity contribution in [3.8, 4) is 11.4 Å². The first-order chi connectivity index (χ1) is 10.7. The van der Waals surface area contributed by atoms with Crippen molar-refractivity contribution in [2.24, 2.45) is 0 Å². The molecule has 3 aromatic carbocycles. The lowest BCUT2D eigenvalue weighted by molar-refractivity contribution is -0.574. The molecule has 0 bridgehead atoms. The number of benzene rings is 3. The third kappa shape index (κ3) is 1.92. The summed E-state index contributed by atoms with van der Waals surface area (Å²) in [4.78, 5) is 0. The first-order valence-electron chi connectivity index (χ1n) is 7.36. The number of aromatic nitrogens is 1. The van der Waals surface area contributed by atoms with Crippen LogP contribution in [0, 0.1) is 6.92 Å². The smallest absolute Gasteiger partial charge is 0.219 e. The van der Waals surface area contributed by atoms with Gasteiger partial charge in [-0.05, 0) is 35.0 Å². The maximum Gasteiger partial charge on any atom is 0.219 e. The molecule has 1 heterocycles. The summed E-state index contributed by atoms with van der Waals surface area (Å²) in [5.74, 6) is 0.285. The molecule has 106 valence electrons. The second-order valence-corrected chi connectivity index (χ2v) is 5.55. The predicted octanol–water partition coefficient (Wildman–Crippen LogP) is 4.28. The van der Waals surface area contributed by atoms with Gasteiger partial charge in [-0.1, -0.05) is 24.3 Å². The molecule has 1 aromatic heterocycles. The van der Waals surface area contributed by atoms with Crippen molar-refractivity contribution in [2.45, 2.75) is 6.92 Å². The summed E-state index contributed by atoms with van der Waals surface area (Å²) < 4.78 is 2.22. The zero-order valence-corrected chi connectivity index (χ0v) is 12.3. The third-order valence-corrected chi connectivity index (χ3v) is 4.14. The lowest BCUT2D eigenvalue weighted by Crippen LogP contribution is -2.34. The molecule has 0 unspecified atom stereocenters. The van der Waals surface area contributed by atoms with E-state index in [1.54, 1.807) is 12.1 Å². The maximum absolute atomic E-state index is 9.52. The Morgan fingerprint density at radius 1 is 0.727 bits per heavy atom. The number of aryl methyl sites for hydroxylation is 1. The van der Waals surface area contributed by atoms with Crippen molar-refractivity contribution >= 4 is 21.7 Å². The minimum atomic E-state index is 0.285. The number of rotatable bonds is 1. The van der Waals surface area contributed by atoms with E-state index in [-0.39, 0.29) is 5.75 Å². The molecule has 0 fully saturated rings. The Hall–Kier alpha value is -2.87.